The zero-order chi connectivity index (χ0) is 18.3. The second-order valence-corrected chi connectivity index (χ2v) is 8.45. The standard InChI is InChI=1S/C17H24NO5P/c1-12(9-14-6-4-3-5-13(14)2)10-24(22,23)11-15(17(20)21)7-8-16(18)19/h3-6,9,15H,7-8,10-11H2,1-2H3,(H2,18,19)(H,20,21)(H,22,23)/b12-9+. The molecule has 7 heteroatoms. The number of carboxylic acid groups (broad SMARTS) is 1. The van der Waals surface area contributed by atoms with E-state index in [1.807, 2.05) is 37.3 Å². The summed E-state index contributed by atoms with van der Waals surface area (Å²) in [5.41, 5.74) is 7.72. The highest BCUT2D eigenvalue weighted by atomic mass is 31.2. The van der Waals surface area contributed by atoms with Gasteiger partial charge in [0.15, 0.2) is 0 Å². The minimum Gasteiger partial charge on any atom is -0.481 e. The van der Waals surface area contributed by atoms with E-state index in [0.717, 1.165) is 11.1 Å². The van der Waals surface area contributed by atoms with Crippen LogP contribution in [0.1, 0.15) is 30.9 Å². The van der Waals surface area contributed by atoms with Crippen LogP contribution in [-0.4, -0.2) is 34.2 Å². The molecule has 1 aromatic carbocycles. The average molecular weight is 353 g/mol. The van der Waals surface area contributed by atoms with Crippen LogP contribution in [0.15, 0.2) is 29.8 Å². The summed E-state index contributed by atoms with van der Waals surface area (Å²) in [4.78, 5) is 32.2. The smallest absolute Gasteiger partial charge is 0.307 e. The van der Waals surface area contributed by atoms with Gasteiger partial charge in [-0.3, -0.25) is 14.2 Å². The predicted octanol–water partition coefficient (Wildman–Crippen LogP) is 2.64. The third-order valence-corrected chi connectivity index (χ3v) is 5.69. The quantitative estimate of drug-likeness (QED) is 0.590. The molecule has 4 N–H and O–H groups in total. The number of aryl methyl sites for hydroxylation is 1. The van der Waals surface area contributed by atoms with Crippen molar-refractivity contribution in [3.05, 3.63) is 41.0 Å². The van der Waals surface area contributed by atoms with Gasteiger partial charge in [-0.15, -0.1) is 0 Å². The van der Waals surface area contributed by atoms with Crippen molar-refractivity contribution in [2.75, 3.05) is 12.3 Å². The van der Waals surface area contributed by atoms with E-state index in [1.54, 1.807) is 6.92 Å². The number of amides is 1. The third-order valence-electron chi connectivity index (χ3n) is 3.68. The first-order valence-electron chi connectivity index (χ1n) is 7.65. The molecular weight excluding hydrogens is 329 g/mol. The molecule has 1 aromatic rings. The Morgan fingerprint density at radius 2 is 1.96 bits per heavy atom. The Kier molecular flexibility index (Phi) is 7.39. The van der Waals surface area contributed by atoms with E-state index in [4.69, 9.17) is 10.8 Å². The zero-order valence-electron chi connectivity index (χ0n) is 13.9. The topological polar surface area (TPSA) is 118 Å². The van der Waals surface area contributed by atoms with E-state index in [0.29, 0.717) is 5.57 Å². The van der Waals surface area contributed by atoms with Crippen LogP contribution >= 0.6 is 7.37 Å². The number of aliphatic carboxylic acids is 1. The van der Waals surface area contributed by atoms with Gasteiger partial charge in [-0.2, -0.15) is 0 Å². The van der Waals surface area contributed by atoms with Gasteiger partial charge in [0.2, 0.25) is 13.3 Å². The van der Waals surface area contributed by atoms with Crippen LogP contribution < -0.4 is 5.73 Å². The lowest BCUT2D eigenvalue weighted by molar-refractivity contribution is -0.141. The predicted molar refractivity (Wildman–Crippen MR) is 93.9 cm³/mol. The molecule has 132 valence electrons. The Labute approximate surface area is 141 Å². The number of primary amides is 1. The number of carbonyl (C=O) groups is 2. The molecule has 0 radical (unpaired) electrons. The maximum Gasteiger partial charge on any atom is 0.307 e. The minimum absolute atomic E-state index is 0.0320. The molecule has 0 spiro atoms. The van der Waals surface area contributed by atoms with Crippen LogP contribution in [0.4, 0.5) is 0 Å². The van der Waals surface area contributed by atoms with Crippen molar-refractivity contribution in [1.82, 2.24) is 0 Å². The molecule has 0 aliphatic heterocycles. The van der Waals surface area contributed by atoms with E-state index in [-0.39, 0.29) is 25.2 Å². The van der Waals surface area contributed by atoms with Crippen LogP contribution in [-0.2, 0) is 14.2 Å². The Morgan fingerprint density at radius 3 is 2.50 bits per heavy atom. The fourth-order valence-corrected chi connectivity index (χ4v) is 4.50. The fourth-order valence-electron chi connectivity index (χ4n) is 2.47. The molecule has 0 saturated carbocycles. The van der Waals surface area contributed by atoms with Gasteiger partial charge in [0.05, 0.1) is 5.92 Å². The van der Waals surface area contributed by atoms with Crippen molar-refractivity contribution in [2.24, 2.45) is 11.7 Å². The lowest BCUT2D eigenvalue weighted by atomic mass is 10.1. The highest BCUT2D eigenvalue weighted by Gasteiger charge is 2.29. The molecule has 2 unspecified atom stereocenters. The van der Waals surface area contributed by atoms with Gasteiger partial charge in [-0.1, -0.05) is 35.9 Å². The lowest BCUT2D eigenvalue weighted by Crippen LogP contribution is -2.22. The van der Waals surface area contributed by atoms with Gasteiger partial charge in [-0.05, 0) is 31.4 Å². The van der Waals surface area contributed by atoms with E-state index >= 15 is 0 Å². The zero-order valence-corrected chi connectivity index (χ0v) is 14.8. The van der Waals surface area contributed by atoms with Crippen molar-refractivity contribution in [1.29, 1.82) is 0 Å². The molecule has 1 amide bonds. The first kappa shape index (κ1) is 20.1. The number of allylic oxidation sites excluding steroid dienone is 1. The Hall–Kier alpha value is -1.91. The maximum absolute atomic E-state index is 12.4. The number of rotatable bonds is 9. The van der Waals surface area contributed by atoms with Gasteiger partial charge >= 0.3 is 5.97 Å². The molecule has 0 bridgehead atoms. The van der Waals surface area contributed by atoms with Crippen molar-refractivity contribution in [3.63, 3.8) is 0 Å². The van der Waals surface area contributed by atoms with Gasteiger partial charge in [0.25, 0.3) is 0 Å². The van der Waals surface area contributed by atoms with Crippen molar-refractivity contribution >= 4 is 25.3 Å². The molecule has 0 aliphatic carbocycles. The van der Waals surface area contributed by atoms with E-state index in [2.05, 4.69) is 0 Å². The van der Waals surface area contributed by atoms with Crippen LogP contribution in [0.25, 0.3) is 6.08 Å². The summed E-state index contributed by atoms with van der Waals surface area (Å²) in [7, 11) is -3.67. The summed E-state index contributed by atoms with van der Waals surface area (Å²) in [6.07, 6.45) is 1.23. The molecule has 0 aromatic heterocycles. The summed E-state index contributed by atoms with van der Waals surface area (Å²) in [6.45, 7) is 3.69. The highest BCUT2D eigenvalue weighted by Crippen LogP contribution is 2.45. The molecule has 0 fully saturated rings. The maximum atomic E-state index is 12.4. The SMILES string of the molecule is C/C(=C\c1ccccc1C)CP(=O)(O)CC(CCC(N)=O)C(=O)O. The number of carbonyl (C=O) groups excluding carboxylic acids is 1. The largest absolute Gasteiger partial charge is 0.481 e. The number of hydrogen-bond acceptors (Lipinski definition) is 3. The van der Waals surface area contributed by atoms with Gasteiger partial charge in [-0.25, -0.2) is 0 Å². The lowest BCUT2D eigenvalue weighted by Gasteiger charge is -2.17. The van der Waals surface area contributed by atoms with Crippen LogP contribution in [0, 0.1) is 12.8 Å². The molecule has 0 aliphatic rings. The second-order valence-electron chi connectivity index (χ2n) is 6.07. The number of benzene rings is 1. The molecule has 2 atom stereocenters. The summed E-state index contributed by atoms with van der Waals surface area (Å²) < 4.78 is 12.4. The molecular formula is C17H24NO5P. The third kappa shape index (κ3) is 7.11. The first-order chi connectivity index (χ1) is 11.1. The van der Waals surface area contributed by atoms with Gasteiger partial charge in [0, 0.05) is 18.7 Å². The molecule has 0 saturated heterocycles. The highest BCUT2D eigenvalue weighted by molar-refractivity contribution is 7.58. The molecule has 0 heterocycles. The Bertz CT molecular complexity index is 683. The summed E-state index contributed by atoms with van der Waals surface area (Å²) in [5, 5.41) is 9.16. The first-order valence-corrected chi connectivity index (χ1v) is 9.68. The van der Waals surface area contributed by atoms with Crippen molar-refractivity contribution in [2.45, 2.75) is 26.7 Å². The fraction of sp³-hybridized carbons (Fsp3) is 0.412. The van der Waals surface area contributed by atoms with Crippen LogP contribution in [0.3, 0.4) is 0 Å². The molecule has 24 heavy (non-hydrogen) atoms. The molecule has 6 nitrogen and oxygen atoms in total. The monoisotopic (exact) mass is 353 g/mol. The van der Waals surface area contributed by atoms with Crippen LogP contribution in [0.2, 0.25) is 0 Å². The normalized spacial score (nSPS) is 15.5. The number of nitrogens with two attached hydrogens (primary N) is 1. The Balaban J connectivity index is 2.80. The summed E-state index contributed by atoms with van der Waals surface area (Å²) in [5.74, 6) is -2.87. The van der Waals surface area contributed by atoms with Gasteiger partial charge in [0.1, 0.15) is 0 Å². The average Bonchev–Trinajstić information content (AvgIpc) is 2.44. The van der Waals surface area contributed by atoms with Crippen molar-refractivity contribution in [3.8, 4) is 0 Å². The van der Waals surface area contributed by atoms with E-state index in [1.165, 1.54) is 0 Å². The Morgan fingerprint density at radius 1 is 1.33 bits per heavy atom. The minimum atomic E-state index is -3.67. The summed E-state index contributed by atoms with van der Waals surface area (Å²) >= 11 is 0. The number of hydrogen-bond donors (Lipinski definition) is 3. The molecule has 1 rings (SSSR count). The van der Waals surface area contributed by atoms with E-state index < -0.39 is 25.2 Å². The van der Waals surface area contributed by atoms with Gasteiger partial charge < -0.3 is 15.7 Å². The van der Waals surface area contributed by atoms with E-state index in [9.17, 15) is 19.0 Å². The number of carboxylic acids is 1. The second kappa shape index (κ2) is 8.81. The van der Waals surface area contributed by atoms with Crippen molar-refractivity contribution < 1.29 is 24.2 Å². The van der Waals surface area contributed by atoms with Crippen LogP contribution in [0.5, 0.6) is 0 Å². The summed E-state index contributed by atoms with van der Waals surface area (Å²) in [6, 6.07) is 7.65.